The SMILES string of the molecule is Nc1ccc2nc(Oc3ccc(CO)cc3)[nH]c2c1. The number of anilines is 1. The number of aromatic amines is 1. The number of nitrogens with two attached hydrogens (primary N) is 1. The summed E-state index contributed by atoms with van der Waals surface area (Å²) in [7, 11) is 0. The molecule has 0 amide bonds. The van der Waals surface area contributed by atoms with Crippen LogP contribution in [-0.4, -0.2) is 15.1 Å². The van der Waals surface area contributed by atoms with Gasteiger partial charge in [-0.2, -0.15) is 4.98 Å². The number of ether oxygens (including phenoxy) is 1. The fourth-order valence-corrected chi connectivity index (χ4v) is 1.83. The number of hydrogen-bond acceptors (Lipinski definition) is 4. The minimum atomic E-state index is 0.0181. The van der Waals surface area contributed by atoms with Gasteiger partial charge < -0.3 is 20.6 Å². The van der Waals surface area contributed by atoms with Crippen LogP contribution in [0.4, 0.5) is 5.69 Å². The van der Waals surface area contributed by atoms with Gasteiger partial charge >= 0.3 is 0 Å². The van der Waals surface area contributed by atoms with Gasteiger partial charge in [0.25, 0.3) is 6.01 Å². The zero-order valence-electron chi connectivity index (χ0n) is 10.1. The number of benzene rings is 2. The third kappa shape index (κ3) is 2.36. The highest BCUT2D eigenvalue weighted by molar-refractivity contribution is 5.79. The van der Waals surface area contributed by atoms with Gasteiger partial charge in [-0.05, 0) is 35.9 Å². The van der Waals surface area contributed by atoms with E-state index in [1.807, 2.05) is 12.1 Å². The highest BCUT2D eigenvalue weighted by atomic mass is 16.5. The summed E-state index contributed by atoms with van der Waals surface area (Å²) in [6.45, 7) is 0.0181. The molecule has 0 atom stereocenters. The topological polar surface area (TPSA) is 84.2 Å². The summed E-state index contributed by atoms with van der Waals surface area (Å²) in [5.41, 5.74) is 8.86. The highest BCUT2D eigenvalue weighted by Gasteiger charge is 2.05. The first-order chi connectivity index (χ1) is 9.24. The lowest BCUT2D eigenvalue weighted by Crippen LogP contribution is -1.87. The van der Waals surface area contributed by atoms with Crippen LogP contribution in [-0.2, 0) is 6.61 Å². The van der Waals surface area contributed by atoms with Gasteiger partial charge in [0.15, 0.2) is 0 Å². The Labute approximate surface area is 109 Å². The van der Waals surface area contributed by atoms with Gasteiger partial charge in [0, 0.05) is 5.69 Å². The molecule has 5 heteroatoms. The maximum Gasteiger partial charge on any atom is 0.300 e. The van der Waals surface area contributed by atoms with Crippen molar-refractivity contribution in [1.29, 1.82) is 0 Å². The number of fused-ring (bicyclic) bond motifs is 1. The molecule has 0 bridgehead atoms. The Hall–Kier alpha value is -2.53. The van der Waals surface area contributed by atoms with Crippen molar-refractivity contribution in [3.8, 4) is 11.8 Å². The smallest absolute Gasteiger partial charge is 0.300 e. The zero-order valence-corrected chi connectivity index (χ0v) is 10.1. The van der Waals surface area contributed by atoms with E-state index in [0.717, 1.165) is 16.6 Å². The maximum atomic E-state index is 8.97. The van der Waals surface area contributed by atoms with Gasteiger partial charge in [-0.25, -0.2) is 0 Å². The van der Waals surface area contributed by atoms with E-state index < -0.39 is 0 Å². The van der Waals surface area contributed by atoms with Gasteiger partial charge in [-0.15, -0.1) is 0 Å². The van der Waals surface area contributed by atoms with E-state index in [4.69, 9.17) is 15.6 Å². The molecule has 3 rings (SSSR count). The molecule has 0 aliphatic rings. The molecule has 0 radical (unpaired) electrons. The molecule has 2 aromatic carbocycles. The standard InChI is InChI=1S/C14H13N3O2/c15-10-3-6-12-13(7-10)17-14(16-12)19-11-4-1-9(8-18)2-5-11/h1-7,18H,8,15H2,(H,16,17). The average molecular weight is 255 g/mol. The second kappa shape index (κ2) is 4.62. The van der Waals surface area contributed by atoms with Gasteiger partial charge in [0.1, 0.15) is 5.75 Å². The minimum absolute atomic E-state index is 0.0181. The van der Waals surface area contributed by atoms with Crippen LogP contribution in [0.25, 0.3) is 11.0 Å². The first kappa shape index (κ1) is 11.6. The molecule has 1 aromatic heterocycles. The van der Waals surface area contributed by atoms with E-state index >= 15 is 0 Å². The largest absolute Gasteiger partial charge is 0.426 e. The fourth-order valence-electron chi connectivity index (χ4n) is 1.83. The Bertz CT molecular complexity index is 704. The number of aliphatic hydroxyl groups is 1. The van der Waals surface area contributed by atoms with Gasteiger partial charge in [-0.3, -0.25) is 0 Å². The van der Waals surface area contributed by atoms with Crippen LogP contribution in [0.1, 0.15) is 5.56 Å². The molecule has 0 saturated heterocycles. The predicted molar refractivity (Wildman–Crippen MR) is 72.9 cm³/mol. The summed E-state index contributed by atoms with van der Waals surface area (Å²) in [4.78, 5) is 7.36. The third-order valence-electron chi connectivity index (χ3n) is 2.80. The Morgan fingerprint density at radius 3 is 2.68 bits per heavy atom. The summed E-state index contributed by atoms with van der Waals surface area (Å²) < 4.78 is 5.61. The predicted octanol–water partition coefficient (Wildman–Crippen LogP) is 2.43. The van der Waals surface area contributed by atoms with E-state index in [1.54, 1.807) is 30.3 Å². The first-order valence-corrected chi connectivity index (χ1v) is 5.87. The number of aliphatic hydroxyl groups excluding tert-OH is 1. The molecule has 4 N–H and O–H groups in total. The number of nitrogens with zero attached hydrogens (tertiary/aromatic N) is 1. The summed E-state index contributed by atoms with van der Waals surface area (Å²) in [6.07, 6.45) is 0. The van der Waals surface area contributed by atoms with Crippen molar-refractivity contribution in [1.82, 2.24) is 9.97 Å². The number of imidazole rings is 1. The summed E-state index contributed by atoms with van der Waals surface area (Å²) in [6, 6.07) is 13.0. The molecule has 1 heterocycles. The van der Waals surface area contributed by atoms with Crippen LogP contribution < -0.4 is 10.5 Å². The van der Waals surface area contributed by atoms with Crippen LogP contribution in [0.5, 0.6) is 11.8 Å². The summed E-state index contributed by atoms with van der Waals surface area (Å²) >= 11 is 0. The molecular formula is C14H13N3O2. The summed E-state index contributed by atoms with van der Waals surface area (Å²) in [5.74, 6) is 0.657. The second-order valence-corrected chi connectivity index (χ2v) is 4.22. The average Bonchev–Trinajstić information content (AvgIpc) is 2.81. The molecule has 96 valence electrons. The van der Waals surface area contributed by atoms with Crippen molar-refractivity contribution in [3.63, 3.8) is 0 Å². The number of nitrogen functional groups attached to an aromatic ring is 1. The Morgan fingerprint density at radius 1 is 1.16 bits per heavy atom. The number of hydrogen-bond donors (Lipinski definition) is 3. The number of aromatic nitrogens is 2. The fraction of sp³-hybridized carbons (Fsp3) is 0.0714. The lowest BCUT2D eigenvalue weighted by Gasteiger charge is -2.02. The lowest BCUT2D eigenvalue weighted by molar-refractivity contribution is 0.281. The van der Waals surface area contributed by atoms with Crippen molar-refractivity contribution in [3.05, 3.63) is 48.0 Å². The minimum Gasteiger partial charge on any atom is -0.426 e. The van der Waals surface area contributed by atoms with Gasteiger partial charge in [0.2, 0.25) is 0 Å². The highest BCUT2D eigenvalue weighted by Crippen LogP contribution is 2.23. The number of nitrogens with one attached hydrogen (secondary N) is 1. The molecule has 19 heavy (non-hydrogen) atoms. The third-order valence-corrected chi connectivity index (χ3v) is 2.80. The first-order valence-electron chi connectivity index (χ1n) is 5.87. The molecular weight excluding hydrogens is 242 g/mol. The molecule has 0 spiro atoms. The van der Waals surface area contributed by atoms with Crippen LogP contribution in [0.15, 0.2) is 42.5 Å². The van der Waals surface area contributed by atoms with Gasteiger partial charge in [0.05, 0.1) is 17.6 Å². The van der Waals surface area contributed by atoms with Crippen molar-refractivity contribution in [2.24, 2.45) is 0 Å². The molecule has 0 aliphatic carbocycles. The normalized spacial score (nSPS) is 10.8. The van der Waals surface area contributed by atoms with Crippen LogP contribution >= 0.6 is 0 Å². The van der Waals surface area contributed by atoms with Crippen LogP contribution in [0.2, 0.25) is 0 Å². The Morgan fingerprint density at radius 2 is 1.95 bits per heavy atom. The van der Waals surface area contributed by atoms with E-state index in [1.165, 1.54) is 0 Å². The monoisotopic (exact) mass is 255 g/mol. The van der Waals surface area contributed by atoms with Crippen molar-refractivity contribution < 1.29 is 9.84 Å². The molecule has 0 aliphatic heterocycles. The summed E-state index contributed by atoms with van der Waals surface area (Å²) in [5, 5.41) is 8.97. The van der Waals surface area contributed by atoms with E-state index in [0.29, 0.717) is 17.4 Å². The van der Waals surface area contributed by atoms with Crippen molar-refractivity contribution in [2.75, 3.05) is 5.73 Å². The molecule has 5 nitrogen and oxygen atoms in total. The zero-order chi connectivity index (χ0) is 13.2. The van der Waals surface area contributed by atoms with Crippen molar-refractivity contribution >= 4 is 16.7 Å². The lowest BCUT2D eigenvalue weighted by atomic mass is 10.2. The second-order valence-electron chi connectivity index (χ2n) is 4.22. The molecule has 0 saturated carbocycles. The van der Waals surface area contributed by atoms with Crippen LogP contribution in [0.3, 0.4) is 0 Å². The Kier molecular flexibility index (Phi) is 2.81. The number of H-pyrrole nitrogens is 1. The number of rotatable bonds is 3. The van der Waals surface area contributed by atoms with Crippen molar-refractivity contribution in [2.45, 2.75) is 6.61 Å². The van der Waals surface area contributed by atoms with E-state index in [-0.39, 0.29) is 6.61 Å². The molecule has 0 unspecified atom stereocenters. The maximum absolute atomic E-state index is 8.97. The quantitative estimate of drug-likeness (QED) is 0.627. The molecule has 3 aromatic rings. The van der Waals surface area contributed by atoms with Crippen LogP contribution in [0, 0.1) is 0 Å². The van der Waals surface area contributed by atoms with Gasteiger partial charge in [-0.1, -0.05) is 12.1 Å². The van der Waals surface area contributed by atoms with E-state index in [2.05, 4.69) is 9.97 Å². The van der Waals surface area contributed by atoms with E-state index in [9.17, 15) is 0 Å². The Balaban J connectivity index is 1.87. The molecule has 0 fully saturated rings.